The van der Waals surface area contributed by atoms with E-state index < -0.39 is 35.4 Å². The molecule has 0 aromatic heterocycles. The lowest BCUT2D eigenvalue weighted by Crippen LogP contribution is -2.57. The van der Waals surface area contributed by atoms with Crippen LogP contribution in [0.5, 0.6) is 5.75 Å². The standard InChI is InChI=1S/C29H35F6N3O4/c1-40-19-26-18-37(11-12-42-26)8-7-36-9-10-38(24(17-36)13-20-3-5-22(6-4-20)28(30,31)32)27(39)21-14-23(29(33,34)35)16-25(15-21)41-2/h3-6,14-16,24,26H,7-13,17-19H2,1-2H3/t24-,26+/m1/s1. The van der Waals surface area contributed by atoms with Crippen LogP contribution in [-0.4, -0.2) is 106 Å². The van der Waals surface area contributed by atoms with Crippen molar-refractivity contribution in [3.63, 3.8) is 0 Å². The van der Waals surface area contributed by atoms with E-state index in [-0.39, 0.29) is 30.4 Å². The Morgan fingerprint density at radius 3 is 2.17 bits per heavy atom. The highest BCUT2D eigenvalue weighted by Crippen LogP contribution is 2.34. The molecule has 0 radical (unpaired) electrons. The molecule has 42 heavy (non-hydrogen) atoms. The molecule has 2 aromatic carbocycles. The number of ether oxygens (including phenoxy) is 3. The number of benzene rings is 2. The van der Waals surface area contributed by atoms with Gasteiger partial charge < -0.3 is 19.1 Å². The van der Waals surface area contributed by atoms with Crippen molar-refractivity contribution < 1.29 is 45.3 Å². The molecule has 4 rings (SSSR count). The van der Waals surface area contributed by atoms with Crippen LogP contribution in [0.3, 0.4) is 0 Å². The van der Waals surface area contributed by atoms with Gasteiger partial charge in [-0.2, -0.15) is 26.3 Å². The first-order chi connectivity index (χ1) is 19.9. The topological polar surface area (TPSA) is 54.5 Å². The molecule has 1 amide bonds. The van der Waals surface area contributed by atoms with E-state index in [0.717, 1.165) is 43.9 Å². The molecule has 2 aliphatic heterocycles. The maximum Gasteiger partial charge on any atom is 0.416 e. The zero-order chi connectivity index (χ0) is 30.5. The molecule has 2 heterocycles. The van der Waals surface area contributed by atoms with Crippen LogP contribution in [0.2, 0.25) is 0 Å². The summed E-state index contributed by atoms with van der Waals surface area (Å²) in [4.78, 5) is 19.6. The van der Waals surface area contributed by atoms with E-state index in [1.807, 2.05) is 0 Å². The molecule has 232 valence electrons. The van der Waals surface area contributed by atoms with Crippen LogP contribution in [0, 0.1) is 0 Å². The van der Waals surface area contributed by atoms with Gasteiger partial charge in [0.2, 0.25) is 0 Å². The minimum Gasteiger partial charge on any atom is -0.497 e. The van der Waals surface area contributed by atoms with E-state index in [4.69, 9.17) is 14.2 Å². The summed E-state index contributed by atoms with van der Waals surface area (Å²) < 4.78 is 95.9. The summed E-state index contributed by atoms with van der Waals surface area (Å²) in [7, 11) is 2.84. The normalized spacial score (nSPS) is 21.0. The van der Waals surface area contributed by atoms with E-state index in [2.05, 4.69) is 9.80 Å². The average Bonchev–Trinajstić information content (AvgIpc) is 2.95. The zero-order valence-electron chi connectivity index (χ0n) is 23.5. The predicted octanol–water partition coefficient (Wildman–Crippen LogP) is 4.45. The number of carbonyl (C=O) groups is 1. The summed E-state index contributed by atoms with van der Waals surface area (Å²) in [5, 5.41) is 0. The highest BCUT2D eigenvalue weighted by molar-refractivity contribution is 5.95. The minimum atomic E-state index is -4.68. The van der Waals surface area contributed by atoms with Crippen LogP contribution in [0.1, 0.15) is 27.0 Å². The van der Waals surface area contributed by atoms with Crippen molar-refractivity contribution in [2.45, 2.75) is 30.9 Å². The molecule has 7 nitrogen and oxygen atoms in total. The summed E-state index contributed by atoms with van der Waals surface area (Å²) in [5.41, 5.74) is -1.35. The van der Waals surface area contributed by atoms with E-state index in [9.17, 15) is 31.1 Å². The lowest BCUT2D eigenvalue weighted by atomic mass is 9.99. The maximum atomic E-state index is 13.6. The van der Waals surface area contributed by atoms with E-state index in [1.54, 1.807) is 7.11 Å². The number of piperazine rings is 1. The van der Waals surface area contributed by atoms with Crippen LogP contribution in [0.15, 0.2) is 42.5 Å². The van der Waals surface area contributed by atoms with Crippen molar-refractivity contribution in [3.05, 3.63) is 64.7 Å². The van der Waals surface area contributed by atoms with Gasteiger partial charge in [-0.15, -0.1) is 0 Å². The van der Waals surface area contributed by atoms with Crippen molar-refractivity contribution in [3.8, 4) is 5.75 Å². The number of carbonyl (C=O) groups excluding carboxylic acids is 1. The molecule has 2 aromatic rings. The Morgan fingerprint density at radius 1 is 0.881 bits per heavy atom. The van der Waals surface area contributed by atoms with E-state index in [0.29, 0.717) is 38.4 Å². The summed E-state index contributed by atoms with van der Waals surface area (Å²) in [6.07, 6.45) is -8.94. The van der Waals surface area contributed by atoms with Crippen LogP contribution in [0.25, 0.3) is 0 Å². The van der Waals surface area contributed by atoms with E-state index in [1.165, 1.54) is 30.2 Å². The van der Waals surface area contributed by atoms with Crippen molar-refractivity contribution in [1.29, 1.82) is 0 Å². The Labute approximate surface area is 240 Å². The van der Waals surface area contributed by atoms with Crippen LogP contribution >= 0.6 is 0 Å². The van der Waals surface area contributed by atoms with Crippen molar-refractivity contribution in [1.82, 2.24) is 14.7 Å². The first-order valence-corrected chi connectivity index (χ1v) is 13.7. The second kappa shape index (κ2) is 13.6. The number of amides is 1. The number of morpholine rings is 1. The molecular weight excluding hydrogens is 568 g/mol. The largest absolute Gasteiger partial charge is 0.497 e. The highest BCUT2D eigenvalue weighted by Gasteiger charge is 2.36. The summed E-state index contributed by atoms with van der Waals surface area (Å²) in [6, 6.07) is 7.17. The highest BCUT2D eigenvalue weighted by atomic mass is 19.4. The monoisotopic (exact) mass is 603 g/mol. The molecule has 2 aliphatic rings. The van der Waals surface area contributed by atoms with Gasteiger partial charge in [0.15, 0.2) is 0 Å². The van der Waals surface area contributed by atoms with Crippen LogP contribution in [-0.2, 0) is 28.2 Å². The molecule has 0 spiro atoms. The minimum absolute atomic E-state index is 0.0184. The Bertz CT molecular complexity index is 1190. The number of hydrogen-bond donors (Lipinski definition) is 0. The smallest absolute Gasteiger partial charge is 0.416 e. The van der Waals surface area contributed by atoms with Gasteiger partial charge in [-0.05, 0) is 42.3 Å². The lowest BCUT2D eigenvalue weighted by molar-refractivity contribution is -0.138. The molecule has 0 bridgehead atoms. The summed E-state index contributed by atoms with van der Waals surface area (Å²) >= 11 is 0. The fraction of sp³-hybridized carbons (Fsp3) is 0.552. The quantitative estimate of drug-likeness (QED) is 0.395. The molecule has 2 saturated heterocycles. The Balaban J connectivity index is 1.52. The van der Waals surface area contributed by atoms with Crippen molar-refractivity contribution >= 4 is 5.91 Å². The molecular formula is C29H35F6N3O4. The number of methoxy groups -OCH3 is 2. The van der Waals surface area contributed by atoms with Crippen LogP contribution < -0.4 is 4.74 Å². The van der Waals surface area contributed by atoms with Gasteiger partial charge in [-0.3, -0.25) is 14.6 Å². The van der Waals surface area contributed by atoms with Crippen molar-refractivity contribution in [2.75, 3.05) is 73.2 Å². The Hall–Kier alpha value is -2.87. The average molecular weight is 604 g/mol. The van der Waals surface area contributed by atoms with Gasteiger partial charge in [0.05, 0.1) is 37.6 Å². The van der Waals surface area contributed by atoms with Gasteiger partial charge in [0, 0.05) is 64.5 Å². The molecule has 0 saturated carbocycles. The first-order valence-electron chi connectivity index (χ1n) is 13.7. The van der Waals surface area contributed by atoms with Gasteiger partial charge in [0.25, 0.3) is 5.91 Å². The van der Waals surface area contributed by atoms with Gasteiger partial charge in [-0.25, -0.2) is 0 Å². The predicted molar refractivity (Wildman–Crippen MR) is 142 cm³/mol. The Morgan fingerprint density at radius 2 is 1.55 bits per heavy atom. The number of nitrogens with zero attached hydrogens (tertiary/aromatic N) is 3. The van der Waals surface area contributed by atoms with E-state index >= 15 is 0 Å². The number of halogens is 6. The summed E-state index contributed by atoms with van der Waals surface area (Å²) in [6.45, 7) is 5.16. The third kappa shape index (κ3) is 8.36. The number of alkyl halides is 6. The van der Waals surface area contributed by atoms with Gasteiger partial charge >= 0.3 is 12.4 Å². The fourth-order valence-corrected chi connectivity index (χ4v) is 5.39. The molecule has 2 atom stereocenters. The van der Waals surface area contributed by atoms with Crippen molar-refractivity contribution in [2.24, 2.45) is 0 Å². The zero-order valence-corrected chi connectivity index (χ0v) is 23.5. The fourth-order valence-electron chi connectivity index (χ4n) is 5.39. The summed E-state index contributed by atoms with van der Waals surface area (Å²) in [5.74, 6) is -0.685. The third-order valence-electron chi connectivity index (χ3n) is 7.60. The SMILES string of the molecule is COC[C@@H]1CN(CCN2CCN(C(=O)c3cc(OC)cc(C(F)(F)F)c3)[C@H](Cc3ccc(C(F)(F)F)cc3)C2)CCO1. The van der Waals surface area contributed by atoms with Gasteiger partial charge in [0.1, 0.15) is 5.75 Å². The maximum absolute atomic E-state index is 13.6. The molecule has 2 fully saturated rings. The lowest BCUT2D eigenvalue weighted by Gasteiger charge is -2.43. The second-order valence-electron chi connectivity index (χ2n) is 10.5. The molecule has 13 heteroatoms. The third-order valence-corrected chi connectivity index (χ3v) is 7.60. The second-order valence-corrected chi connectivity index (χ2v) is 10.5. The Kier molecular flexibility index (Phi) is 10.4. The van der Waals surface area contributed by atoms with Gasteiger partial charge in [-0.1, -0.05) is 12.1 Å². The number of rotatable bonds is 9. The van der Waals surface area contributed by atoms with Crippen LogP contribution in [0.4, 0.5) is 26.3 Å². The first kappa shape index (κ1) is 32.1. The number of hydrogen-bond acceptors (Lipinski definition) is 6. The molecule has 0 unspecified atom stereocenters. The molecule has 0 aliphatic carbocycles. The molecule has 0 N–H and O–H groups in total.